The number of aromatic amines is 1. The molecule has 3 aromatic rings. The number of methoxy groups -OCH3 is 1. The van der Waals surface area contributed by atoms with Crippen LogP contribution >= 0.6 is 0 Å². The van der Waals surface area contributed by atoms with E-state index in [1.165, 1.54) is 7.11 Å². The van der Waals surface area contributed by atoms with Crippen molar-refractivity contribution in [3.63, 3.8) is 0 Å². The molecule has 0 aliphatic carbocycles. The van der Waals surface area contributed by atoms with Gasteiger partial charge in [0.2, 0.25) is 11.8 Å². The molecule has 5 aliphatic heterocycles. The number of benzene rings is 2. The van der Waals surface area contributed by atoms with Crippen molar-refractivity contribution in [1.82, 2.24) is 25.5 Å². The van der Waals surface area contributed by atoms with E-state index >= 15 is 0 Å². The highest BCUT2D eigenvalue weighted by molar-refractivity contribution is 5.79. The van der Waals surface area contributed by atoms with Gasteiger partial charge in [0.05, 0.1) is 13.2 Å². The predicted molar refractivity (Wildman–Crippen MR) is 174 cm³/mol. The molecule has 1 saturated heterocycles. The summed E-state index contributed by atoms with van der Waals surface area (Å²) in [5.41, 5.74) is 3.59. The Bertz CT molecular complexity index is 1630. The molecule has 8 rings (SSSR count). The van der Waals surface area contributed by atoms with Gasteiger partial charge in [-0.05, 0) is 67.6 Å². The van der Waals surface area contributed by atoms with Crippen LogP contribution in [-0.4, -0.2) is 83.1 Å². The molecule has 4 N–H and O–H groups in total. The normalized spacial score (nSPS) is 18.1. The van der Waals surface area contributed by atoms with Gasteiger partial charge in [0.15, 0.2) is 18.1 Å². The monoisotopic (exact) mass is 663 g/mol. The molecule has 48 heavy (non-hydrogen) atoms. The smallest absolute Gasteiger partial charge is 0.345 e. The average Bonchev–Trinajstić information content (AvgIpc) is 3.06. The number of aryl methyl sites for hydroxylation is 3. The molecular formula is C34H41N5O9. The van der Waals surface area contributed by atoms with E-state index in [1.54, 1.807) is 30.9 Å². The minimum Gasteiger partial charge on any atom is -0.493 e. The fraction of sp³-hybridized carbons (Fsp3) is 0.412. The maximum absolute atomic E-state index is 13.3. The summed E-state index contributed by atoms with van der Waals surface area (Å²) in [6, 6.07) is 12.4. The number of carbonyl (C=O) groups is 4. The van der Waals surface area contributed by atoms with Gasteiger partial charge in [-0.3, -0.25) is 19.2 Å². The van der Waals surface area contributed by atoms with E-state index in [9.17, 15) is 19.2 Å². The number of hydrogen-bond donors (Lipinski definition) is 4. The van der Waals surface area contributed by atoms with Crippen molar-refractivity contribution in [2.45, 2.75) is 64.6 Å². The zero-order chi connectivity index (χ0) is 34.6. The molecule has 0 unspecified atom stereocenters. The van der Waals surface area contributed by atoms with Gasteiger partial charge in [-0.25, -0.2) is 4.79 Å². The molecular weight excluding hydrogens is 622 g/mol. The minimum atomic E-state index is -0.495. The number of aromatic nitrogens is 2. The van der Waals surface area contributed by atoms with Crippen LogP contribution in [0.3, 0.4) is 0 Å². The van der Waals surface area contributed by atoms with Crippen LogP contribution in [0, 0.1) is 13.8 Å². The van der Waals surface area contributed by atoms with Crippen molar-refractivity contribution < 1.29 is 38.5 Å². The number of carbonyl (C=O) groups excluding carboxylic acids is 3. The lowest BCUT2D eigenvalue weighted by atomic mass is 10.00. The van der Waals surface area contributed by atoms with Crippen molar-refractivity contribution in [2.75, 3.05) is 26.8 Å². The Morgan fingerprint density at radius 2 is 1.81 bits per heavy atom. The van der Waals surface area contributed by atoms with Gasteiger partial charge in [0.25, 0.3) is 12.4 Å². The first-order chi connectivity index (χ1) is 23.1. The van der Waals surface area contributed by atoms with Gasteiger partial charge in [0, 0.05) is 50.3 Å². The van der Waals surface area contributed by atoms with Crippen LogP contribution in [0.2, 0.25) is 0 Å². The Hall–Kier alpha value is -5.40. The molecule has 4 bridgehead atoms. The van der Waals surface area contributed by atoms with Crippen molar-refractivity contribution in [2.24, 2.45) is 0 Å². The second-order valence-corrected chi connectivity index (χ2v) is 11.5. The number of nitrogens with zero attached hydrogens (tertiary/aromatic N) is 2. The van der Waals surface area contributed by atoms with Crippen LogP contribution in [0.1, 0.15) is 47.3 Å². The first-order valence-electron chi connectivity index (χ1n) is 15.6. The number of piperidine rings is 1. The summed E-state index contributed by atoms with van der Waals surface area (Å²) in [6.07, 6.45) is 1.63. The van der Waals surface area contributed by atoms with Crippen LogP contribution in [0.25, 0.3) is 0 Å². The standard InChI is InChI=1S/C33H39N5O7.CH2O2/c1-20-25(21(2)36-33(42)35-20)10-13-32(41)38-15-14-27-26(18-38)37-31(40)19-44-28-11-6-22(16-29(28)43-3)7-12-30(39)34-17-23-4-8-24(45-27)9-5-23;2-1-3/h4-6,8-9,11,16,26-27H,7,10,12-15,17-19H2,1-3H3,(H,34,39)(H,37,40)(H,35,36,42);1H,(H,2,3)/t26-,27-;/m1./s1. The molecule has 5 aliphatic rings. The minimum absolute atomic E-state index is 0.0633. The number of nitrogens with one attached hydrogen (secondary N) is 3. The predicted octanol–water partition coefficient (Wildman–Crippen LogP) is 1.83. The number of ether oxygens (including phenoxy) is 3. The van der Waals surface area contributed by atoms with Gasteiger partial charge >= 0.3 is 5.69 Å². The largest absolute Gasteiger partial charge is 0.493 e. The Morgan fingerprint density at radius 1 is 1.08 bits per heavy atom. The molecule has 0 radical (unpaired) electrons. The maximum atomic E-state index is 13.3. The van der Waals surface area contributed by atoms with Crippen molar-refractivity contribution in [1.29, 1.82) is 0 Å². The third kappa shape index (κ3) is 9.80. The molecule has 14 heteroatoms. The van der Waals surface area contributed by atoms with Gasteiger partial charge in [-0.1, -0.05) is 18.2 Å². The number of amides is 3. The van der Waals surface area contributed by atoms with Gasteiger partial charge in [-0.15, -0.1) is 0 Å². The van der Waals surface area contributed by atoms with Crippen LogP contribution in [0.4, 0.5) is 0 Å². The lowest BCUT2D eigenvalue weighted by molar-refractivity contribution is -0.135. The third-order valence-electron chi connectivity index (χ3n) is 8.22. The number of likely N-dealkylation sites (tertiary alicyclic amines) is 1. The lowest BCUT2D eigenvalue weighted by Crippen LogP contribution is -2.58. The topological polar surface area (TPSA) is 189 Å². The van der Waals surface area contributed by atoms with E-state index in [0.717, 1.165) is 16.7 Å². The van der Waals surface area contributed by atoms with Gasteiger partial charge < -0.3 is 39.8 Å². The zero-order valence-corrected chi connectivity index (χ0v) is 27.2. The summed E-state index contributed by atoms with van der Waals surface area (Å²) in [7, 11) is 1.52. The van der Waals surface area contributed by atoms with Crippen LogP contribution in [0.5, 0.6) is 17.2 Å². The van der Waals surface area contributed by atoms with E-state index in [1.807, 2.05) is 30.3 Å². The lowest BCUT2D eigenvalue weighted by Gasteiger charge is -2.39. The Kier molecular flexibility index (Phi) is 12.5. The third-order valence-corrected chi connectivity index (χ3v) is 8.22. The molecule has 1 aromatic heterocycles. The molecule has 0 saturated carbocycles. The Labute approximate surface area is 277 Å². The number of H-pyrrole nitrogens is 1. The van der Waals surface area contributed by atoms with Crippen LogP contribution in [0.15, 0.2) is 47.3 Å². The number of carboxylic acid groups (broad SMARTS) is 1. The second kappa shape index (κ2) is 17.0. The molecule has 6 heterocycles. The van der Waals surface area contributed by atoms with Crippen molar-refractivity contribution in [3.05, 3.63) is 81.0 Å². The molecule has 2 atom stereocenters. The highest BCUT2D eigenvalue weighted by Crippen LogP contribution is 2.29. The van der Waals surface area contributed by atoms with E-state index in [4.69, 9.17) is 24.1 Å². The fourth-order valence-corrected chi connectivity index (χ4v) is 5.74. The number of rotatable bonds is 4. The molecule has 2 aromatic carbocycles. The second-order valence-electron chi connectivity index (χ2n) is 11.5. The Balaban J connectivity index is 0.00000167. The summed E-state index contributed by atoms with van der Waals surface area (Å²) >= 11 is 0. The summed E-state index contributed by atoms with van der Waals surface area (Å²) in [6.45, 7) is 4.17. The van der Waals surface area contributed by atoms with Gasteiger partial charge in [-0.2, -0.15) is 4.98 Å². The van der Waals surface area contributed by atoms with Crippen molar-refractivity contribution in [3.8, 4) is 17.2 Å². The summed E-state index contributed by atoms with van der Waals surface area (Å²) in [5, 5.41) is 12.9. The fourth-order valence-electron chi connectivity index (χ4n) is 5.74. The van der Waals surface area contributed by atoms with E-state index in [0.29, 0.717) is 67.4 Å². The van der Waals surface area contributed by atoms with Crippen LogP contribution in [-0.2, 0) is 38.6 Å². The summed E-state index contributed by atoms with van der Waals surface area (Å²) in [4.78, 5) is 67.4. The first kappa shape index (κ1) is 35.5. The zero-order valence-electron chi connectivity index (χ0n) is 27.2. The molecule has 14 nitrogen and oxygen atoms in total. The maximum Gasteiger partial charge on any atom is 0.345 e. The average molecular weight is 664 g/mol. The van der Waals surface area contributed by atoms with Gasteiger partial charge in [0.1, 0.15) is 11.9 Å². The molecule has 3 amide bonds. The highest BCUT2D eigenvalue weighted by atomic mass is 16.5. The van der Waals surface area contributed by atoms with Crippen molar-refractivity contribution >= 4 is 24.2 Å². The quantitative estimate of drug-likeness (QED) is 0.300. The van der Waals surface area contributed by atoms with E-state index < -0.39 is 17.8 Å². The van der Waals surface area contributed by atoms with E-state index in [2.05, 4.69) is 20.6 Å². The highest BCUT2D eigenvalue weighted by Gasteiger charge is 2.34. The molecule has 256 valence electrons. The number of hydrogen-bond acceptors (Lipinski definition) is 9. The first-order valence-corrected chi connectivity index (χ1v) is 15.6. The SMILES string of the molecule is COc1cc2ccc1OCC(=O)N[C@@H]1CN(C(=O)CCc3c(C)nc(=O)[nH]c3C)CC[C@H]1Oc1ccc(cc1)CNC(=O)CC2.O=CO. The summed E-state index contributed by atoms with van der Waals surface area (Å²) < 4.78 is 17.6. The summed E-state index contributed by atoms with van der Waals surface area (Å²) in [5.74, 6) is 1.01. The van der Waals surface area contributed by atoms with Crippen LogP contribution < -0.4 is 30.5 Å². The van der Waals surface area contributed by atoms with E-state index in [-0.39, 0.29) is 43.8 Å². The molecule has 1 fully saturated rings. The molecule has 0 spiro atoms. The Morgan fingerprint density at radius 3 is 2.52 bits per heavy atom.